The van der Waals surface area contributed by atoms with Gasteiger partial charge in [0.05, 0.1) is 7.11 Å². The fourth-order valence-corrected chi connectivity index (χ4v) is 2.87. The van der Waals surface area contributed by atoms with Gasteiger partial charge in [0.2, 0.25) is 0 Å². The number of aromatic carboxylic acids is 1. The van der Waals surface area contributed by atoms with Crippen molar-refractivity contribution < 1.29 is 24.1 Å². The Morgan fingerprint density at radius 3 is 3.04 bits per heavy atom. The second kappa shape index (κ2) is 7.39. The smallest absolute Gasteiger partial charge is 0.370 e. The number of benzene rings is 1. The number of fused-ring (bicyclic) bond motifs is 1. The fraction of sp³-hybridized carbons (Fsp3) is 0.533. The average Bonchev–Trinajstić information content (AvgIpc) is 2.55. The zero-order chi connectivity index (χ0) is 17.1. The molecule has 0 amide bonds. The number of ether oxygens (including phenoxy) is 1. The summed E-state index contributed by atoms with van der Waals surface area (Å²) in [4.78, 5) is 18.2. The Morgan fingerprint density at radius 1 is 1.54 bits per heavy atom. The van der Waals surface area contributed by atoms with E-state index in [0.29, 0.717) is 36.4 Å². The number of carbonyl (C=O) groups is 1. The molecule has 1 aromatic carbocycles. The zero-order valence-corrected chi connectivity index (χ0v) is 13.4. The third kappa shape index (κ3) is 3.64. The van der Waals surface area contributed by atoms with E-state index in [9.17, 15) is 15.1 Å². The zero-order valence-electron chi connectivity index (χ0n) is 13.4. The third-order valence-corrected chi connectivity index (χ3v) is 4.17. The Balaban J connectivity index is 1.61. The number of aryl methyl sites for hydroxylation is 1. The van der Waals surface area contributed by atoms with Crippen molar-refractivity contribution in [3.05, 3.63) is 28.5 Å². The molecule has 0 aromatic heterocycles. The van der Waals surface area contributed by atoms with Crippen LogP contribution in [0, 0.1) is 5.21 Å². The quantitative estimate of drug-likeness (QED) is 0.577. The van der Waals surface area contributed by atoms with Crippen molar-refractivity contribution in [2.24, 2.45) is 0 Å². The van der Waals surface area contributed by atoms with Gasteiger partial charge in [-0.2, -0.15) is 0 Å². The van der Waals surface area contributed by atoms with Crippen LogP contribution in [-0.4, -0.2) is 68.1 Å². The van der Waals surface area contributed by atoms with Crippen LogP contribution in [0.3, 0.4) is 0 Å². The summed E-state index contributed by atoms with van der Waals surface area (Å²) >= 11 is 0. The van der Waals surface area contributed by atoms with E-state index in [1.54, 1.807) is 13.5 Å². The summed E-state index contributed by atoms with van der Waals surface area (Å²) in [5.74, 6) is -0.358. The van der Waals surface area contributed by atoms with Gasteiger partial charge in [-0.1, -0.05) is 6.07 Å². The van der Waals surface area contributed by atoms with E-state index in [4.69, 9.17) is 9.39 Å². The highest BCUT2D eigenvalue weighted by molar-refractivity contribution is 6.29. The van der Waals surface area contributed by atoms with Gasteiger partial charge in [-0.15, -0.1) is 0 Å². The van der Waals surface area contributed by atoms with Crippen molar-refractivity contribution in [1.82, 2.24) is 10.1 Å². The number of rotatable bonds is 7. The van der Waals surface area contributed by atoms with Gasteiger partial charge in [0.1, 0.15) is 23.2 Å². The Kier molecular flexibility index (Phi) is 5.25. The van der Waals surface area contributed by atoms with Crippen molar-refractivity contribution in [2.45, 2.75) is 18.8 Å². The van der Waals surface area contributed by atoms with Gasteiger partial charge in [-0.05, 0) is 24.4 Å². The van der Waals surface area contributed by atoms with Crippen LogP contribution in [0.5, 0.6) is 11.5 Å². The minimum absolute atomic E-state index is 0.0759. The Bertz CT molecular complexity index is 608. The van der Waals surface area contributed by atoms with E-state index in [2.05, 4.69) is 4.84 Å². The molecular formula is C15H19BN2O6-. The molecule has 0 spiro atoms. The maximum atomic E-state index is 11.6. The van der Waals surface area contributed by atoms with Crippen molar-refractivity contribution in [3.8, 4) is 11.5 Å². The fourth-order valence-electron chi connectivity index (χ4n) is 2.87. The average molecular weight is 334 g/mol. The molecule has 2 heterocycles. The van der Waals surface area contributed by atoms with Gasteiger partial charge < -0.3 is 24.5 Å². The molecule has 0 bridgehead atoms. The summed E-state index contributed by atoms with van der Waals surface area (Å²) in [6.45, 7) is 2.11. The van der Waals surface area contributed by atoms with Crippen LogP contribution >= 0.6 is 0 Å². The predicted molar refractivity (Wildman–Crippen MR) is 86.2 cm³/mol. The number of hydrogen-bond donors (Lipinski definition) is 1. The maximum Gasteiger partial charge on any atom is 0.370 e. The van der Waals surface area contributed by atoms with Crippen LogP contribution in [0.2, 0.25) is 6.32 Å². The molecule has 1 radical (unpaired) electrons. The Hall–Kier alpha value is -1.81. The summed E-state index contributed by atoms with van der Waals surface area (Å²) in [6, 6.07) is 3.55. The molecule has 1 saturated heterocycles. The molecule has 129 valence electrons. The summed E-state index contributed by atoms with van der Waals surface area (Å²) in [5, 5.41) is 21.1. The first-order valence-corrected chi connectivity index (χ1v) is 7.83. The number of nitrogens with zero attached hydrogens (tertiary/aromatic N) is 2. The number of carboxylic acid groups (broad SMARTS) is 1. The van der Waals surface area contributed by atoms with E-state index in [1.165, 1.54) is 7.11 Å². The lowest BCUT2D eigenvalue weighted by Crippen LogP contribution is -2.55. The summed E-state index contributed by atoms with van der Waals surface area (Å²) in [6.07, 6.45) is 1.43. The standard InChI is InChI=1S/C15H19BN2O6/c1-22-18(21)7-6-17-8-11(9-17)23-12-3-2-10-4-5-16-24-14(10)13(12)15(19)20/h2-3,11H,4-9H2,1H3,(H,19,20)/q-1. The Labute approximate surface area is 140 Å². The lowest BCUT2D eigenvalue weighted by Gasteiger charge is -2.40. The molecular weight excluding hydrogens is 315 g/mol. The van der Waals surface area contributed by atoms with Gasteiger partial charge in [-0.3, -0.25) is 10.1 Å². The van der Waals surface area contributed by atoms with E-state index in [-0.39, 0.29) is 18.2 Å². The van der Waals surface area contributed by atoms with Crippen molar-refractivity contribution in [2.75, 3.05) is 33.3 Å². The molecule has 1 fully saturated rings. The summed E-state index contributed by atoms with van der Waals surface area (Å²) in [7, 11) is 2.95. The molecule has 8 nitrogen and oxygen atoms in total. The van der Waals surface area contributed by atoms with Crippen LogP contribution in [-0.2, 0) is 11.3 Å². The van der Waals surface area contributed by atoms with Gasteiger partial charge >= 0.3 is 13.5 Å². The van der Waals surface area contributed by atoms with Crippen LogP contribution in [0.4, 0.5) is 0 Å². The number of hydrogen-bond acceptors (Lipinski definition) is 7. The number of hydroxylamine groups is 2. The molecule has 1 N–H and O–H groups in total. The lowest BCUT2D eigenvalue weighted by molar-refractivity contribution is -0.0980. The van der Waals surface area contributed by atoms with Gasteiger partial charge in [0.25, 0.3) is 0 Å². The van der Waals surface area contributed by atoms with Crippen LogP contribution in [0.15, 0.2) is 12.1 Å². The molecule has 0 atom stereocenters. The second-order valence-corrected chi connectivity index (χ2v) is 5.79. The molecule has 2 aliphatic heterocycles. The SMILES string of the molecule is CON([O-])CCN1CC(Oc2ccc3c(c2C(=O)O)O[B]CC3)C1. The molecule has 0 saturated carbocycles. The molecule has 1 aromatic rings. The highest BCUT2D eigenvalue weighted by atomic mass is 16.9. The second-order valence-electron chi connectivity index (χ2n) is 5.79. The lowest BCUT2D eigenvalue weighted by atomic mass is 9.85. The van der Waals surface area contributed by atoms with Crippen molar-refractivity contribution in [3.63, 3.8) is 0 Å². The van der Waals surface area contributed by atoms with Crippen LogP contribution in [0.1, 0.15) is 15.9 Å². The van der Waals surface area contributed by atoms with Crippen molar-refractivity contribution in [1.29, 1.82) is 0 Å². The minimum Gasteiger partial charge on any atom is -0.762 e. The molecule has 9 heteroatoms. The van der Waals surface area contributed by atoms with Crippen LogP contribution < -0.4 is 9.39 Å². The first kappa shape index (κ1) is 17.0. The van der Waals surface area contributed by atoms with E-state index in [1.807, 2.05) is 11.0 Å². The molecule has 3 rings (SSSR count). The molecule has 24 heavy (non-hydrogen) atoms. The predicted octanol–water partition coefficient (Wildman–Crippen LogP) is 0.781. The molecule has 0 aliphatic carbocycles. The summed E-state index contributed by atoms with van der Waals surface area (Å²) < 4.78 is 11.3. The summed E-state index contributed by atoms with van der Waals surface area (Å²) in [5.41, 5.74) is 0.958. The number of likely N-dealkylation sites (tertiary alicyclic amines) is 1. The molecule has 0 unspecified atom stereocenters. The highest BCUT2D eigenvalue weighted by Gasteiger charge is 2.31. The van der Waals surface area contributed by atoms with Gasteiger partial charge in [0, 0.05) is 26.2 Å². The van der Waals surface area contributed by atoms with Crippen molar-refractivity contribution >= 4 is 13.5 Å². The monoisotopic (exact) mass is 334 g/mol. The first-order valence-electron chi connectivity index (χ1n) is 7.83. The number of carboxylic acids is 1. The Morgan fingerprint density at radius 2 is 2.33 bits per heavy atom. The van der Waals surface area contributed by atoms with Gasteiger partial charge in [0.15, 0.2) is 0 Å². The normalized spacial score (nSPS) is 17.6. The highest BCUT2D eigenvalue weighted by Crippen LogP contribution is 2.36. The van der Waals surface area contributed by atoms with Gasteiger partial charge in [-0.25, -0.2) is 4.79 Å². The van der Waals surface area contributed by atoms with E-state index >= 15 is 0 Å². The van der Waals surface area contributed by atoms with E-state index < -0.39 is 5.97 Å². The third-order valence-electron chi connectivity index (χ3n) is 4.17. The van der Waals surface area contributed by atoms with Crippen LogP contribution in [0.25, 0.3) is 0 Å². The topological polar surface area (TPSA) is 94.5 Å². The maximum absolute atomic E-state index is 11.6. The van der Waals surface area contributed by atoms with E-state index in [0.717, 1.165) is 18.3 Å². The first-order chi connectivity index (χ1) is 11.6. The minimum atomic E-state index is -1.06. The molecule has 2 aliphatic rings. The largest absolute Gasteiger partial charge is 0.762 e.